The Balaban J connectivity index is 2.55. The van der Waals surface area contributed by atoms with E-state index in [0.29, 0.717) is 6.42 Å². The molecule has 5 nitrogen and oxygen atoms in total. The first kappa shape index (κ1) is 13.1. The largest absolute Gasteiger partial charge is 0.494 e. The molecule has 2 N–H and O–H groups in total. The number of aryl methyl sites for hydroxylation is 1. The fourth-order valence-electron chi connectivity index (χ4n) is 2.02. The first-order chi connectivity index (χ1) is 9.04. The minimum atomic E-state index is -0.594. The molecule has 0 spiro atoms. The minimum absolute atomic E-state index is 0.230. The summed E-state index contributed by atoms with van der Waals surface area (Å²) < 4.78 is 1.18. The van der Waals surface area contributed by atoms with Crippen LogP contribution in [0.5, 0.6) is 5.88 Å². The summed E-state index contributed by atoms with van der Waals surface area (Å²) >= 11 is 0. The van der Waals surface area contributed by atoms with E-state index in [1.165, 1.54) is 4.57 Å². The van der Waals surface area contributed by atoms with Crippen LogP contribution in [-0.4, -0.2) is 14.7 Å². The molecule has 0 unspecified atom stereocenters. The molecule has 1 heterocycles. The summed E-state index contributed by atoms with van der Waals surface area (Å²) in [7, 11) is 0. The van der Waals surface area contributed by atoms with Gasteiger partial charge in [0, 0.05) is 0 Å². The highest BCUT2D eigenvalue weighted by Gasteiger charge is 2.13. The van der Waals surface area contributed by atoms with Crippen LogP contribution < -0.4 is 11.2 Å². The molecule has 19 heavy (non-hydrogen) atoms. The molecule has 1 aromatic heterocycles. The smallest absolute Gasteiger partial charge is 0.331 e. The van der Waals surface area contributed by atoms with E-state index < -0.39 is 11.2 Å². The van der Waals surface area contributed by atoms with Gasteiger partial charge in [-0.05, 0) is 24.5 Å². The van der Waals surface area contributed by atoms with Gasteiger partial charge in [0.05, 0.1) is 12.1 Å². The van der Waals surface area contributed by atoms with Gasteiger partial charge in [0.25, 0.3) is 5.56 Å². The SMILES string of the molecule is CCc1c(O)n(Cc2ccccc2C)c(=O)[nH]c1=O. The monoisotopic (exact) mass is 260 g/mol. The maximum atomic E-state index is 11.8. The van der Waals surface area contributed by atoms with Gasteiger partial charge in [-0.15, -0.1) is 0 Å². The Hall–Kier alpha value is -2.30. The molecule has 0 saturated carbocycles. The van der Waals surface area contributed by atoms with Gasteiger partial charge in [-0.3, -0.25) is 14.3 Å². The van der Waals surface area contributed by atoms with E-state index in [2.05, 4.69) is 4.98 Å². The number of H-pyrrole nitrogens is 1. The molecule has 0 amide bonds. The van der Waals surface area contributed by atoms with Crippen molar-refractivity contribution >= 4 is 0 Å². The number of aromatic hydroxyl groups is 1. The van der Waals surface area contributed by atoms with Crippen LogP contribution in [0.3, 0.4) is 0 Å². The van der Waals surface area contributed by atoms with E-state index >= 15 is 0 Å². The molecule has 0 fully saturated rings. The van der Waals surface area contributed by atoms with E-state index in [-0.39, 0.29) is 18.0 Å². The predicted molar refractivity (Wildman–Crippen MR) is 72.6 cm³/mol. The molecule has 0 saturated heterocycles. The quantitative estimate of drug-likeness (QED) is 0.869. The van der Waals surface area contributed by atoms with Crippen molar-refractivity contribution in [1.82, 2.24) is 9.55 Å². The Morgan fingerprint density at radius 1 is 1.26 bits per heavy atom. The van der Waals surface area contributed by atoms with E-state index in [4.69, 9.17) is 0 Å². The van der Waals surface area contributed by atoms with Gasteiger partial charge in [-0.2, -0.15) is 0 Å². The number of nitrogens with zero attached hydrogens (tertiary/aromatic N) is 1. The molecule has 2 aromatic rings. The highest BCUT2D eigenvalue weighted by Crippen LogP contribution is 2.14. The molecule has 5 heteroatoms. The summed E-state index contributed by atoms with van der Waals surface area (Å²) in [5.74, 6) is -0.250. The fraction of sp³-hybridized carbons (Fsp3) is 0.286. The number of aromatic amines is 1. The summed E-state index contributed by atoms with van der Waals surface area (Å²) in [6.07, 6.45) is 0.370. The number of aromatic nitrogens is 2. The lowest BCUT2D eigenvalue weighted by Crippen LogP contribution is -2.32. The highest BCUT2D eigenvalue weighted by atomic mass is 16.3. The lowest BCUT2D eigenvalue weighted by molar-refractivity contribution is 0.402. The standard InChI is InChI=1S/C14H16N2O3/c1-3-11-12(17)15-14(19)16(13(11)18)8-10-7-5-4-6-9(10)2/h4-7,18H,3,8H2,1-2H3,(H,15,17,19). The predicted octanol–water partition coefficient (Wildman–Crippen LogP) is 1.16. The first-order valence-corrected chi connectivity index (χ1v) is 6.14. The van der Waals surface area contributed by atoms with Crippen molar-refractivity contribution in [3.63, 3.8) is 0 Å². The van der Waals surface area contributed by atoms with Crippen LogP contribution in [0.2, 0.25) is 0 Å². The molecule has 1 aromatic carbocycles. The zero-order chi connectivity index (χ0) is 14.0. The van der Waals surface area contributed by atoms with Crippen molar-refractivity contribution in [3.05, 3.63) is 61.8 Å². The third-order valence-electron chi connectivity index (χ3n) is 3.21. The number of hydrogen-bond acceptors (Lipinski definition) is 3. The van der Waals surface area contributed by atoms with E-state index in [9.17, 15) is 14.7 Å². The molecule has 0 bridgehead atoms. The molecule has 100 valence electrons. The number of rotatable bonds is 3. The Labute approximate surface area is 110 Å². The van der Waals surface area contributed by atoms with Crippen LogP contribution in [-0.2, 0) is 13.0 Å². The van der Waals surface area contributed by atoms with Crippen LogP contribution in [0, 0.1) is 6.92 Å². The maximum absolute atomic E-state index is 11.8. The van der Waals surface area contributed by atoms with Crippen LogP contribution in [0.25, 0.3) is 0 Å². The summed E-state index contributed by atoms with van der Waals surface area (Å²) in [5.41, 5.74) is 1.06. The molecular formula is C14H16N2O3. The van der Waals surface area contributed by atoms with Crippen LogP contribution >= 0.6 is 0 Å². The lowest BCUT2D eigenvalue weighted by atomic mass is 10.1. The summed E-state index contributed by atoms with van der Waals surface area (Å²) in [6.45, 7) is 3.93. The normalized spacial score (nSPS) is 10.6. The Morgan fingerprint density at radius 2 is 1.95 bits per heavy atom. The van der Waals surface area contributed by atoms with Gasteiger partial charge in [0.1, 0.15) is 0 Å². The summed E-state index contributed by atoms with van der Waals surface area (Å²) in [5, 5.41) is 10.0. The second-order valence-electron chi connectivity index (χ2n) is 4.43. The van der Waals surface area contributed by atoms with E-state index in [0.717, 1.165) is 11.1 Å². The van der Waals surface area contributed by atoms with Gasteiger partial charge in [0.2, 0.25) is 5.88 Å². The average molecular weight is 260 g/mol. The summed E-state index contributed by atoms with van der Waals surface area (Å²) in [4.78, 5) is 25.6. The number of hydrogen-bond donors (Lipinski definition) is 2. The van der Waals surface area contributed by atoms with Crippen molar-refractivity contribution in [1.29, 1.82) is 0 Å². The topological polar surface area (TPSA) is 75.1 Å². The third kappa shape index (κ3) is 2.45. The van der Waals surface area contributed by atoms with Gasteiger partial charge in [-0.25, -0.2) is 4.79 Å². The molecule has 0 aliphatic carbocycles. The number of benzene rings is 1. The Kier molecular flexibility index (Phi) is 3.55. The van der Waals surface area contributed by atoms with Gasteiger partial charge in [0.15, 0.2) is 0 Å². The van der Waals surface area contributed by atoms with Gasteiger partial charge < -0.3 is 5.11 Å². The molecule has 0 radical (unpaired) electrons. The molecule has 0 atom stereocenters. The molecular weight excluding hydrogens is 244 g/mol. The van der Waals surface area contributed by atoms with Crippen molar-refractivity contribution in [2.24, 2.45) is 0 Å². The average Bonchev–Trinajstić information content (AvgIpc) is 2.36. The maximum Gasteiger partial charge on any atom is 0.331 e. The van der Waals surface area contributed by atoms with Crippen LogP contribution in [0.15, 0.2) is 33.9 Å². The third-order valence-corrected chi connectivity index (χ3v) is 3.21. The highest BCUT2D eigenvalue weighted by molar-refractivity contribution is 5.28. The molecule has 0 aliphatic heterocycles. The van der Waals surface area contributed by atoms with E-state index in [1.807, 2.05) is 31.2 Å². The second-order valence-corrected chi connectivity index (χ2v) is 4.43. The Bertz CT molecular complexity index is 713. The van der Waals surface area contributed by atoms with E-state index in [1.54, 1.807) is 6.92 Å². The lowest BCUT2D eigenvalue weighted by Gasteiger charge is -2.12. The molecule has 0 aliphatic rings. The Morgan fingerprint density at radius 3 is 2.58 bits per heavy atom. The zero-order valence-corrected chi connectivity index (χ0v) is 10.9. The fourth-order valence-corrected chi connectivity index (χ4v) is 2.02. The number of nitrogens with one attached hydrogen (secondary N) is 1. The van der Waals surface area contributed by atoms with Crippen molar-refractivity contribution in [3.8, 4) is 5.88 Å². The van der Waals surface area contributed by atoms with Crippen molar-refractivity contribution in [2.75, 3.05) is 0 Å². The molecule has 2 rings (SSSR count). The summed E-state index contributed by atoms with van der Waals surface area (Å²) in [6, 6.07) is 7.60. The zero-order valence-electron chi connectivity index (χ0n) is 10.9. The van der Waals surface area contributed by atoms with Crippen LogP contribution in [0.4, 0.5) is 0 Å². The second kappa shape index (κ2) is 5.14. The van der Waals surface area contributed by atoms with Crippen molar-refractivity contribution in [2.45, 2.75) is 26.8 Å². The van der Waals surface area contributed by atoms with Crippen LogP contribution in [0.1, 0.15) is 23.6 Å². The van der Waals surface area contributed by atoms with Crippen molar-refractivity contribution < 1.29 is 5.11 Å². The van der Waals surface area contributed by atoms with Gasteiger partial charge >= 0.3 is 5.69 Å². The minimum Gasteiger partial charge on any atom is -0.494 e. The van der Waals surface area contributed by atoms with Gasteiger partial charge in [-0.1, -0.05) is 31.2 Å². The first-order valence-electron chi connectivity index (χ1n) is 6.14.